The van der Waals surface area contributed by atoms with Gasteiger partial charge in [-0.3, -0.25) is 9.59 Å². The van der Waals surface area contributed by atoms with E-state index in [2.05, 4.69) is 12.2 Å². The highest BCUT2D eigenvalue weighted by atomic mass is 16.2. The standard InChI is InChI=1S/C27H26N2O2/c1-5-20-10-13-23(14-11-20)29-26(30)24(21-12-9-18(3)19(4)16-21)25(27(29)31)28-22-8-6-7-17(2)15-22/h6-16,28H,5H2,1-4H3. The number of amides is 2. The molecule has 0 radical (unpaired) electrons. The fraction of sp³-hybridized carbons (Fsp3) is 0.185. The number of aryl methyl sites for hydroxylation is 4. The molecule has 1 N–H and O–H groups in total. The number of carbonyl (C=O) groups excluding carboxylic acids is 2. The number of hydrogen-bond donors (Lipinski definition) is 1. The Morgan fingerprint density at radius 2 is 1.55 bits per heavy atom. The molecule has 0 spiro atoms. The van der Waals surface area contributed by atoms with E-state index in [0.717, 1.165) is 39.9 Å². The number of hydrogen-bond acceptors (Lipinski definition) is 3. The fourth-order valence-corrected chi connectivity index (χ4v) is 3.79. The molecule has 3 aromatic carbocycles. The summed E-state index contributed by atoms with van der Waals surface area (Å²) in [6.45, 7) is 8.11. The molecule has 31 heavy (non-hydrogen) atoms. The first-order chi connectivity index (χ1) is 14.9. The lowest BCUT2D eigenvalue weighted by molar-refractivity contribution is -0.120. The van der Waals surface area contributed by atoms with Gasteiger partial charge in [0.2, 0.25) is 0 Å². The van der Waals surface area contributed by atoms with Gasteiger partial charge in [0.1, 0.15) is 5.70 Å². The topological polar surface area (TPSA) is 49.4 Å². The van der Waals surface area contributed by atoms with Gasteiger partial charge in [0.15, 0.2) is 0 Å². The molecule has 2 amide bonds. The van der Waals surface area contributed by atoms with Crippen molar-refractivity contribution in [1.29, 1.82) is 0 Å². The minimum Gasteiger partial charge on any atom is -0.350 e. The van der Waals surface area contributed by atoms with Crippen molar-refractivity contribution in [3.05, 3.63) is 100 Å². The molecule has 3 aromatic rings. The Balaban J connectivity index is 1.82. The molecular formula is C27H26N2O2. The van der Waals surface area contributed by atoms with Gasteiger partial charge in [-0.15, -0.1) is 0 Å². The van der Waals surface area contributed by atoms with Crippen molar-refractivity contribution >= 4 is 28.8 Å². The van der Waals surface area contributed by atoms with Gasteiger partial charge in [-0.25, -0.2) is 4.90 Å². The predicted molar refractivity (Wildman–Crippen MR) is 126 cm³/mol. The third-order valence-electron chi connectivity index (χ3n) is 5.77. The minimum atomic E-state index is -0.344. The van der Waals surface area contributed by atoms with Crippen molar-refractivity contribution < 1.29 is 9.59 Å². The highest BCUT2D eigenvalue weighted by Crippen LogP contribution is 2.34. The molecule has 0 fully saturated rings. The zero-order valence-electron chi connectivity index (χ0n) is 18.3. The van der Waals surface area contributed by atoms with E-state index in [1.54, 1.807) is 0 Å². The van der Waals surface area contributed by atoms with E-state index in [4.69, 9.17) is 0 Å². The molecule has 4 rings (SSSR count). The van der Waals surface area contributed by atoms with E-state index in [1.807, 2.05) is 87.5 Å². The van der Waals surface area contributed by atoms with Crippen LogP contribution in [-0.4, -0.2) is 11.8 Å². The van der Waals surface area contributed by atoms with Gasteiger partial charge in [-0.2, -0.15) is 0 Å². The van der Waals surface area contributed by atoms with Crippen LogP contribution in [0, 0.1) is 20.8 Å². The molecule has 0 aliphatic carbocycles. The number of anilines is 2. The summed E-state index contributed by atoms with van der Waals surface area (Å²) in [5.74, 6) is -0.656. The molecule has 0 aromatic heterocycles. The Kier molecular flexibility index (Phi) is 5.47. The van der Waals surface area contributed by atoms with Gasteiger partial charge in [0.25, 0.3) is 11.8 Å². The molecule has 0 saturated carbocycles. The van der Waals surface area contributed by atoms with Crippen molar-refractivity contribution in [1.82, 2.24) is 0 Å². The zero-order valence-corrected chi connectivity index (χ0v) is 18.3. The maximum Gasteiger partial charge on any atom is 0.282 e. The third kappa shape index (κ3) is 3.89. The lowest BCUT2D eigenvalue weighted by Crippen LogP contribution is -2.32. The second-order valence-corrected chi connectivity index (χ2v) is 8.01. The predicted octanol–water partition coefficient (Wildman–Crippen LogP) is 5.57. The van der Waals surface area contributed by atoms with Gasteiger partial charge < -0.3 is 5.32 Å². The SMILES string of the molecule is CCc1ccc(N2C(=O)C(Nc3cccc(C)c3)=C(c3ccc(C)c(C)c3)C2=O)cc1. The maximum atomic E-state index is 13.5. The van der Waals surface area contributed by atoms with E-state index in [9.17, 15) is 9.59 Å². The molecule has 0 atom stereocenters. The summed E-state index contributed by atoms with van der Waals surface area (Å²) in [6, 6.07) is 21.2. The van der Waals surface area contributed by atoms with Gasteiger partial charge in [-0.05, 0) is 79.3 Å². The van der Waals surface area contributed by atoms with Gasteiger partial charge in [0, 0.05) is 5.69 Å². The quantitative estimate of drug-likeness (QED) is 0.559. The van der Waals surface area contributed by atoms with Gasteiger partial charge in [-0.1, -0.05) is 49.4 Å². The Morgan fingerprint density at radius 3 is 2.19 bits per heavy atom. The Hall–Kier alpha value is -3.66. The molecular weight excluding hydrogens is 384 g/mol. The molecule has 4 nitrogen and oxygen atoms in total. The van der Waals surface area contributed by atoms with Crippen molar-refractivity contribution in [2.24, 2.45) is 0 Å². The maximum absolute atomic E-state index is 13.5. The summed E-state index contributed by atoms with van der Waals surface area (Å²) in [4.78, 5) is 28.3. The molecule has 0 saturated heterocycles. The molecule has 156 valence electrons. The van der Waals surface area contributed by atoms with E-state index in [0.29, 0.717) is 17.0 Å². The molecule has 0 bridgehead atoms. The van der Waals surface area contributed by atoms with Gasteiger partial charge >= 0.3 is 0 Å². The Bertz CT molecular complexity index is 1210. The van der Waals surface area contributed by atoms with Crippen LogP contribution in [0.5, 0.6) is 0 Å². The fourth-order valence-electron chi connectivity index (χ4n) is 3.79. The van der Waals surface area contributed by atoms with E-state index < -0.39 is 0 Å². The number of rotatable bonds is 5. The third-order valence-corrected chi connectivity index (χ3v) is 5.77. The number of imide groups is 1. The van der Waals surface area contributed by atoms with Gasteiger partial charge in [0.05, 0.1) is 11.3 Å². The first kappa shape index (κ1) is 20.6. The minimum absolute atomic E-state index is 0.304. The summed E-state index contributed by atoms with van der Waals surface area (Å²) in [6.07, 6.45) is 0.897. The van der Waals surface area contributed by atoms with E-state index >= 15 is 0 Å². The molecule has 1 heterocycles. The lowest BCUT2D eigenvalue weighted by atomic mass is 9.99. The average Bonchev–Trinajstić information content (AvgIpc) is 3.00. The highest BCUT2D eigenvalue weighted by molar-refractivity contribution is 6.46. The van der Waals surface area contributed by atoms with Crippen LogP contribution in [0.4, 0.5) is 11.4 Å². The average molecular weight is 411 g/mol. The second-order valence-electron chi connectivity index (χ2n) is 8.01. The van der Waals surface area contributed by atoms with Crippen molar-refractivity contribution in [3.8, 4) is 0 Å². The highest BCUT2D eigenvalue weighted by Gasteiger charge is 2.40. The Labute approximate surface area is 183 Å². The van der Waals surface area contributed by atoms with E-state index in [-0.39, 0.29) is 11.8 Å². The molecule has 1 aliphatic heterocycles. The van der Waals surface area contributed by atoms with Crippen molar-refractivity contribution in [2.75, 3.05) is 10.2 Å². The summed E-state index contributed by atoms with van der Waals surface area (Å²) in [7, 11) is 0. The first-order valence-electron chi connectivity index (χ1n) is 10.5. The number of nitrogens with zero attached hydrogens (tertiary/aromatic N) is 1. The monoisotopic (exact) mass is 410 g/mol. The summed E-state index contributed by atoms with van der Waals surface area (Å²) < 4.78 is 0. The Morgan fingerprint density at radius 1 is 0.806 bits per heavy atom. The van der Waals surface area contributed by atoms with Crippen LogP contribution in [0.2, 0.25) is 0 Å². The summed E-state index contributed by atoms with van der Waals surface area (Å²) >= 11 is 0. The lowest BCUT2D eigenvalue weighted by Gasteiger charge is -2.16. The van der Waals surface area contributed by atoms with Crippen LogP contribution in [0.25, 0.3) is 5.57 Å². The summed E-state index contributed by atoms with van der Waals surface area (Å²) in [5, 5.41) is 3.23. The summed E-state index contributed by atoms with van der Waals surface area (Å²) in [5.41, 5.74) is 7.24. The number of carbonyl (C=O) groups is 2. The van der Waals surface area contributed by atoms with Crippen molar-refractivity contribution in [2.45, 2.75) is 34.1 Å². The molecule has 0 unspecified atom stereocenters. The van der Waals surface area contributed by atoms with Crippen LogP contribution in [0.15, 0.2) is 72.4 Å². The van der Waals surface area contributed by atoms with E-state index in [1.165, 1.54) is 4.90 Å². The number of nitrogens with one attached hydrogen (secondary N) is 1. The number of benzene rings is 3. The normalized spacial score (nSPS) is 13.9. The van der Waals surface area contributed by atoms with Crippen LogP contribution in [0.3, 0.4) is 0 Å². The van der Waals surface area contributed by atoms with Crippen molar-refractivity contribution in [3.63, 3.8) is 0 Å². The van der Waals surface area contributed by atoms with Crippen LogP contribution >= 0.6 is 0 Å². The van der Waals surface area contributed by atoms with Crippen LogP contribution < -0.4 is 10.2 Å². The van der Waals surface area contributed by atoms with Crippen LogP contribution in [0.1, 0.15) is 34.7 Å². The molecule has 4 heteroatoms. The largest absolute Gasteiger partial charge is 0.350 e. The molecule has 1 aliphatic rings. The second kappa shape index (κ2) is 8.23. The zero-order chi connectivity index (χ0) is 22.1. The first-order valence-corrected chi connectivity index (χ1v) is 10.5. The smallest absolute Gasteiger partial charge is 0.282 e. The van der Waals surface area contributed by atoms with Crippen LogP contribution in [-0.2, 0) is 16.0 Å².